The normalized spacial score (nSPS) is 12.3. The van der Waals surface area contributed by atoms with E-state index in [1.54, 1.807) is 24.3 Å². The van der Waals surface area contributed by atoms with Gasteiger partial charge in [0.1, 0.15) is 18.3 Å². The number of carbonyl (C=O) groups excluding carboxylic acids is 2. The molecule has 0 fully saturated rings. The van der Waals surface area contributed by atoms with E-state index in [0.29, 0.717) is 30.2 Å². The molecule has 1 atom stereocenters. The Bertz CT molecular complexity index is 1420. The smallest absolute Gasteiger partial charge is 0.264 e. The second-order valence-corrected chi connectivity index (χ2v) is 13.2. The van der Waals surface area contributed by atoms with Crippen LogP contribution < -0.4 is 14.4 Å². The van der Waals surface area contributed by atoms with Crippen LogP contribution in [0.5, 0.6) is 5.75 Å². The first-order chi connectivity index (χ1) is 19.9. The molecular formula is C32H40ClN3O5S. The summed E-state index contributed by atoms with van der Waals surface area (Å²) in [5.74, 6) is -0.210. The number of nitrogens with zero attached hydrogens (tertiary/aromatic N) is 2. The molecule has 0 unspecified atom stereocenters. The summed E-state index contributed by atoms with van der Waals surface area (Å²) < 4.78 is 34.5. The summed E-state index contributed by atoms with van der Waals surface area (Å²) in [6, 6.07) is 21.2. The molecule has 0 aliphatic carbocycles. The zero-order valence-electron chi connectivity index (χ0n) is 24.8. The molecule has 0 bridgehead atoms. The first kappa shape index (κ1) is 32.9. The molecule has 3 aromatic carbocycles. The standard InChI is InChI=1S/C32H40ClN3O5S/c1-6-29(31(38)34-32(3,4)5)35(22-21-24-11-9-8-10-12-24)30(37)23-36(26-15-17-27(18-16-26)41-7-2)42(39,40)28-19-13-25(33)14-20-28/h8-20,29H,6-7,21-23H2,1-5H3,(H,34,38)/t29-/m0/s1. The molecule has 0 aromatic heterocycles. The Morgan fingerprint density at radius 3 is 2.10 bits per heavy atom. The maximum atomic E-state index is 14.1. The maximum Gasteiger partial charge on any atom is 0.264 e. The summed E-state index contributed by atoms with van der Waals surface area (Å²) >= 11 is 6.02. The molecule has 10 heteroatoms. The monoisotopic (exact) mass is 613 g/mol. The summed E-state index contributed by atoms with van der Waals surface area (Å²) in [7, 11) is -4.19. The quantitative estimate of drug-likeness (QED) is 0.267. The highest BCUT2D eigenvalue weighted by molar-refractivity contribution is 7.92. The second-order valence-electron chi connectivity index (χ2n) is 10.9. The van der Waals surface area contributed by atoms with Crippen LogP contribution in [0.15, 0.2) is 83.8 Å². The minimum Gasteiger partial charge on any atom is -0.494 e. The Balaban J connectivity index is 2.02. The minimum absolute atomic E-state index is 0.0121. The van der Waals surface area contributed by atoms with Crippen molar-refractivity contribution in [3.05, 3.63) is 89.4 Å². The topological polar surface area (TPSA) is 96.0 Å². The van der Waals surface area contributed by atoms with E-state index in [9.17, 15) is 18.0 Å². The van der Waals surface area contributed by atoms with Gasteiger partial charge in [0, 0.05) is 17.1 Å². The number of carbonyl (C=O) groups is 2. The minimum atomic E-state index is -4.19. The SMILES string of the molecule is CCOc1ccc(N(CC(=O)N(CCc2ccccc2)[C@@H](CC)C(=O)NC(C)(C)C)S(=O)(=O)c2ccc(Cl)cc2)cc1. The predicted molar refractivity (Wildman–Crippen MR) is 167 cm³/mol. The largest absolute Gasteiger partial charge is 0.494 e. The number of ether oxygens (including phenoxy) is 1. The molecule has 0 radical (unpaired) electrons. The highest BCUT2D eigenvalue weighted by atomic mass is 35.5. The van der Waals surface area contributed by atoms with Gasteiger partial charge in [-0.1, -0.05) is 48.9 Å². The van der Waals surface area contributed by atoms with Gasteiger partial charge in [-0.25, -0.2) is 8.42 Å². The molecule has 0 spiro atoms. The van der Waals surface area contributed by atoms with Crippen LogP contribution in [-0.2, 0) is 26.0 Å². The van der Waals surface area contributed by atoms with Crippen LogP contribution >= 0.6 is 11.6 Å². The van der Waals surface area contributed by atoms with Crippen molar-refractivity contribution in [1.82, 2.24) is 10.2 Å². The molecule has 226 valence electrons. The highest BCUT2D eigenvalue weighted by Gasteiger charge is 2.34. The number of sulfonamides is 1. The van der Waals surface area contributed by atoms with Crippen LogP contribution in [0.1, 0.15) is 46.6 Å². The van der Waals surface area contributed by atoms with Crippen molar-refractivity contribution in [3.8, 4) is 5.75 Å². The lowest BCUT2D eigenvalue weighted by molar-refractivity contribution is -0.140. The molecule has 0 heterocycles. The summed E-state index contributed by atoms with van der Waals surface area (Å²) in [5, 5.41) is 3.37. The number of benzene rings is 3. The fraction of sp³-hybridized carbons (Fsp3) is 0.375. The van der Waals surface area contributed by atoms with Crippen LogP contribution in [0.3, 0.4) is 0 Å². The number of rotatable bonds is 13. The zero-order chi connectivity index (χ0) is 30.9. The average molecular weight is 614 g/mol. The highest BCUT2D eigenvalue weighted by Crippen LogP contribution is 2.27. The molecule has 8 nitrogen and oxygen atoms in total. The Morgan fingerprint density at radius 2 is 1.55 bits per heavy atom. The van der Waals surface area contributed by atoms with Crippen molar-refractivity contribution < 1.29 is 22.7 Å². The summed E-state index contributed by atoms with van der Waals surface area (Å²) in [5.41, 5.74) is 0.778. The van der Waals surface area contributed by atoms with Gasteiger partial charge in [-0.05, 0) is 94.6 Å². The fourth-order valence-electron chi connectivity index (χ4n) is 4.49. The van der Waals surface area contributed by atoms with Crippen LogP contribution in [0.25, 0.3) is 0 Å². The average Bonchev–Trinajstić information content (AvgIpc) is 2.94. The van der Waals surface area contributed by atoms with Crippen molar-refractivity contribution in [3.63, 3.8) is 0 Å². The molecule has 2 amide bonds. The molecule has 42 heavy (non-hydrogen) atoms. The molecule has 0 saturated carbocycles. The summed E-state index contributed by atoms with van der Waals surface area (Å²) in [4.78, 5) is 29.0. The van der Waals surface area contributed by atoms with Crippen LogP contribution in [0.4, 0.5) is 5.69 Å². The number of amides is 2. The zero-order valence-corrected chi connectivity index (χ0v) is 26.4. The third-order valence-electron chi connectivity index (χ3n) is 6.48. The lowest BCUT2D eigenvalue weighted by atomic mass is 10.1. The van der Waals surface area contributed by atoms with Crippen LogP contribution in [0.2, 0.25) is 5.02 Å². The van der Waals surface area contributed by atoms with Gasteiger partial charge in [-0.15, -0.1) is 0 Å². The number of hydrogen-bond donors (Lipinski definition) is 1. The van der Waals surface area contributed by atoms with Crippen molar-refractivity contribution in [2.75, 3.05) is 24.0 Å². The van der Waals surface area contributed by atoms with E-state index in [-0.39, 0.29) is 23.0 Å². The van der Waals surface area contributed by atoms with Gasteiger partial charge in [-0.3, -0.25) is 13.9 Å². The molecule has 0 aliphatic heterocycles. The van der Waals surface area contributed by atoms with E-state index >= 15 is 0 Å². The number of halogens is 1. The fourth-order valence-corrected chi connectivity index (χ4v) is 6.03. The van der Waals surface area contributed by atoms with Crippen molar-refractivity contribution in [2.45, 2.75) is 63.9 Å². The van der Waals surface area contributed by atoms with Gasteiger partial charge in [-0.2, -0.15) is 0 Å². The summed E-state index contributed by atoms with van der Waals surface area (Å²) in [6.45, 7) is 9.50. The lowest BCUT2D eigenvalue weighted by Gasteiger charge is -2.34. The van der Waals surface area contributed by atoms with E-state index in [4.69, 9.17) is 16.3 Å². The van der Waals surface area contributed by atoms with Gasteiger partial charge < -0.3 is 15.0 Å². The Labute approximate surface area is 254 Å². The molecule has 3 aromatic rings. The number of anilines is 1. The van der Waals surface area contributed by atoms with Gasteiger partial charge in [0.25, 0.3) is 10.0 Å². The first-order valence-electron chi connectivity index (χ1n) is 14.0. The summed E-state index contributed by atoms with van der Waals surface area (Å²) in [6.07, 6.45) is 0.855. The van der Waals surface area contributed by atoms with Crippen LogP contribution in [0, 0.1) is 0 Å². The Hall–Kier alpha value is -3.56. The van der Waals surface area contributed by atoms with E-state index in [1.165, 1.54) is 29.2 Å². The van der Waals surface area contributed by atoms with E-state index < -0.39 is 34.1 Å². The number of hydrogen-bond acceptors (Lipinski definition) is 5. The molecule has 3 rings (SSSR count). The van der Waals surface area contributed by atoms with Crippen LogP contribution in [-0.4, -0.2) is 56.4 Å². The van der Waals surface area contributed by atoms with Gasteiger partial charge in [0.05, 0.1) is 17.2 Å². The van der Waals surface area contributed by atoms with Crippen molar-refractivity contribution >= 4 is 39.1 Å². The third-order valence-corrected chi connectivity index (χ3v) is 8.52. The Kier molecular flexibility index (Phi) is 11.4. The first-order valence-corrected chi connectivity index (χ1v) is 15.8. The maximum absolute atomic E-state index is 14.1. The third kappa shape index (κ3) is 8.97. The molecule has 0 aliphatic rings. The van der Waals surface area contributed by atoms with Gasteiger partial charge in [0.2, 0.25) is 11.8 Å². The van der Waals surface area contributed by atoms with Crippen molar-refractivity contribution in [2.24, 2.45) is 0 Å². The number of nitrogens with one attached hydrogen (secondary N) is 1. The molecule has 0 saturated heterocycles. The predicted octanol–water partition coefficient (Wildman–Crippen LogP) is 5.70. The van der Waals surface area contributed by atoms with E-state index in [2.05, 4.69) is 5.32 Å². The van der Waals surface area contributed by atoms with Crippen molar-refractivity contribution in [1.29, 1.82) is 0 Å². The van der Waals surface area contributed by atoms with E-state index in [0.717, 1.165) is 9.87 Å². The van der Waals surface area contributed by atoms with Gasteiger partial charge in [0.15, 0.2) is 0 Å². The second kappa shape index (κ2) is 14.6. The molecule has 1 N–H and O–H groups in total. The Morgan fingerprint density at radius 1 is 0.929 bits per heavy atom. The van der Waals surface area contributed by atoms with Gasteiger partial charge >= 0.3 is 0 Å². The molecular weight excluding hydrogens is 574 g/mol. The van der Waals surface area contributed by atoms with E-state index in [1.807, 2.05) is 65.0 Å². The lowest BCUT2D eigenvalue weighted by Crippen LogP contribution is -2.56.